The van der Waals surface area contributed by atoms with Crippen LogP contribution in [-0.4, -0.2) is 49.2 Å². The second-order valence-corrected chi connectivity index (χ2v) is 8.88. The molecule has 0 spiro atoms. The molecule has 2 aliphatic heterocycles. The topological polar surface area (TPSA) is 126 Å². The molecular weight excluding hydrogens is 444 g/mol. The van der Waals surface area contributed by atoms with E-state index < -0.39 is 10.9 Å². The second kappa shape index (κ2) is 10.0. The summed E-state index contributed by atoms with van der Waals surface area (Å²) in [6.07, 6.45) is 4.67. The molecule has 0 radical (unpaired) electrons. The zero-order chi connectivity index (χ0) is 24.2. The third kappa shape index (κ3) is 4.89. The molecular formula is C25H28N8O2. The van der Waals surface area contributed by atoms with Crippen molar-refractivity contribution in [1.82, 2.24) is 9.97 Å². The summed E-state index contributed by atoms with van der Waals surface area (Å²) in [5.41, 5.74) is 0.605. The summed E-state index contributed by atoms with van der Waals surface area (Å²) in [5.74, 6) is 2.47. The van der Waals surface area contributed by atoms with E-state index in [1.54, 1.807) is 24.3 Å². The molecule has 2 fully saturated rings. The largest absolute Gasteiger partial charge is 0.378 e. The number of hydrogen-bond acceptors (Lipinski definition) is 10. The number of benzene rings is 1. The quantitative estimate of drug-likeness (QED) is 0.316. The number of hydrogen-bond donors (Lipinski definition) is 3. The average molecular weight is 473 g/mol. The molecule has 2 saturated heterocycles. The van der Waals surface area contributed by atoms with Gasteiger partial charge in [0.1, 0.15) is 23.0 Å². The van der Waals surface area contributed by atoms with Crippen molar-refractivity contribution >= 4 is 34.6 Å². The molecule has 0 unspecified atom stereocenters. The standard InChI is InChI=1S/C25H28N8O2/c26-16-17-5-7-18(8-6-17)29-22-21(23(34)24(22)35)28-10-9-27-19-15-20(32-11-1-2-12-32)31-25(30-19)33-13-3-4-14-33/h5-8,15,28-29H,1-4,9-14H2,(H,27,30,31). The van der Waals surface area contributed by atoms with Crippen molar-refractivity contribution in [3.8, 4) is 6.07 Å². The average Bonchev–Trinajstić information content (AvgIpc) is 3.63. The molecule has 35 heavy (non-hydrogen) atoms. The number of nitrogens with one attached hydrogen (secondary N) is 3. The van der Waals surface area contributed by atoms with Gasteiger partial charge in [-0.25, -0.2) is 0 Å². The minimum atomic E-state index is -0.550. The van der Waals surface area contributed by atoms with Crippen LogP contribution in [0.5, 0.6) is 0 Å². The fourth-order valence-electron chi connectivity index (χ4n) is 4.51. The summed E-state index contributed by atoms with van der Waals surface area (Å²) >= 11 is 0. The van der Waals surface area contributed by atoms with Gasteiger partial charge in [-0.2, -0.15) is 15.2 Å². The minimum Gasteiger partial charge on any atom is -0.378 e. The van der Waals surface area contributed by atoms with Crippen LogP contribution >= 0.6 is 0 Å². The maximum Gasteiger partial charge on any atom is 0.253 e. The van der Waals surface area contributed by atoms with Crippen LogP contribution < -0.4 is 36.6 Å². The van der Waals surface area contributed by atoms with Gasteiger partial charge in [-0.1, -0.05) is 0 Å². The molecule has 0 saturated carbocycles. The van der Waals surface area contributed by atoms with E-state index in [0.29, 0.717) is 24.3 Å². The van der Waals surface area contributed by atoms with Crippen LogP contribution in [0, 0.1) is 11.3 Å². The highest BCUT2D eigenvalue weighted by Crippen LogP contribution is 2.26. The first-order chi connectivity index (χ1) is 17.1. The summed E-state index contributed by atoms with van der Waals surface area (Å²) in [7, 11) is 0. The van der Waals surface area contributed by atoms with Crippen LogP contribution in [0.3, 0.4) is 0 Å². The van der Waals surface area contributed by atoms with E-state index in [1.165, 1.54) is 12.8 Å². The molecule has 3 heterocycles. The number of aromatic nitrogens is 2. The summed E-state index contributed by atoms with van der Waals surface area (Å²) < 4.78 is 0. The Morgan fingerprint density at radius 2 is 1.46 bits per heavy atom. The highest BCUT2D eigenvalue weighted by atomic mass is 16.2. The van der Waals surface area contributed by atoms with Crippen molar-refractivity contribution < 1.29 is 0 Å². The fraction of sp³-hybridized carbons (Fsp3) is 0.400. The van der Waals surface area contributed by atoms with Gasteiger partial charge in [0.2, 0.25) is 5.95 Å². The Labute approximate surface area is 203 Å². The van der Waals surface area contributed by atoms with Gasteiger partial charge < -0.3 is 25.8 Å². The zero-order valence-corrected chi connectivity index (χ0v) is 19.5. The molecule has 1 aromatic heterocycles. The van der Waals surface area contributed by atoms with Crippen LogP contribution in [0.1, 0.15) is 31.2 Å². The predicted octanol–water partition coefficient (Wildman–Crippen LogP) is 2.41. The van der Waals surface area contributed by atoms with Crippen molar-refractivity contribution in [2.45, 2.75) is 25.7 Å². The highest BCUT2D eigenvalue weighted by molar-refractivity contribution is 5.78. The van der Waals surface area contributed by atoms with Gasteiger partial charge in [0.05, 0.1) is 11.6 Å². The maximum atomic E-state index is 12.1. The lowest BCUT2D eigenvalue weighted by Crippen LogP contribution is -2.37. The first kappa shape index (κ1) is 22.7. The third-order valence-electron chi connectivity index (χ3n) is 6.45. The Bertz CT molecular complexity index is 1260. The van der Waals surface area contributed by atoms with Gasteiger partial charge in [0, 0.05) is 51.0 Å². The normalized spacial score (nSPS) is 15.4. The number of nitriles is 1. The number of nitrogens with zero attached hydrogens (tertiary/aromatic N) is 5. The summed E-state index contributed by atoms with van der Waals surface area (Å²) in [5, 5.41) is 18.3. The van der Waals surface area contributed by atoms with E-state index >= 15 is 0 Å². The smallest absolute Gasteiger partial charge is 0.253 e. The van der Waals surface area contributed by atoms with Crippen LogP contribution in [0.2, 0.25) is 0 Å². The molecule has 0 aliphatic carbocycles. The van der Waals surface area contributed by atoms with Crippen LogP contribution in [0.4, 0.5) is 34.6 Å². The molecule has 2 aromatic carbocycles. The molecule has 2 aliphatic rings. The van der Waals surface area contributed by atoms with Gasteiger partial charge in [-0.15, -0.1) is 0 Å². The first-order valence-corrected chi connectivity index (χ1v) is 12.1. The van der Waals surface area contributed by atoms with Crippen LogP contribution in [0.15, 0.2) is 39.9 Å². The lowest BCUT2D eigenvalue weighted by molar-refractivity contribution is 0.870. The monoisotopic (exact) mass is 472 g/mol. The van der Waals surface area contributed by atoms with Gasteiger partial charge in [0.15, 0.2) is 0 Å². The predicted molar refractivity (Wildman–Crippen MR) is 138 cm³/mol. The van der Waals surface area contributed by atoms with E-state index in [9.17, 15) is 9.59 Å². The van der Waals surface area contributed by atoms with Gasteiger partial charge in [0.25, 0.3) is 10.9 Å². The fourth-order valence-corrected chi connectivity index (χ4v) is 4.51. The third-order valence-corrected chi connectivity index (χ3v) is 6.45. The van der Waals surface area contributed by atoms with E-state index in [-0.39, 0.29) is 11.4 Å². The van der Waals surface area contributed by atoms with Crippen LogP contribution in [-0.2, 0) is 0 Å². The minimum absolute atomic E-state index is 0.245. The van der Waals surface area contributed by atoms with Crippen LogP contribution in [0.25, 0.3) is 0 Å². The Morgan fingerprint density at radius 3 is 2.14 bits per heavy atom. The Kier molecular flexibility index (Phi) is 6.48. The molecule has 10 nitrogen and oxygen atoms in total. The molecule has 3 N–H and O–H groups in total. The van der Waals surface area contributed by atoms with Crippen molar-refractivity contribution in [1.29, 1.82) is 5.26 Å². The molecule has 5 rings (SSSR count). The van der Waals surface area contributed by atoms with Crippen molar-refractivity contribution in [2.75, 3.05) is 65.0 Å². The number of anilines is 6. The van der Waals surface area contributed by atoms with Crippen molar-refractivity contribution in [2.24, 2.45) is 0 Å². The van der Waals surface area contributed by atoms with E-state index in [0.717, 1.165) is 56.6 Å². The molecule has 10 heteroatoms. The van der Waals surface area contributed by atoms with Crippen molar-refractivity contribution in [3.63, 3.8) is 0 Å². The highest BCUT2D eigenvalue weighted by Gasteiger charge is 2.22. The van der Waals surface area contributed by atoms with E-state index in [2.05, 4.69) is 31.8 Å². The molecule has 0 amide bonds. The van der Waals surface area contributed by atoms with Gasteiger partial charge in [-0.05, 0) is 49.9 Å². The summed E-state index contributed by atoms with van der Waals surface area (Å²) in [4.78, 5) is 38.3. The van der Waals surface area contributed by atoms with Gasteiger partial charge in [-0.3, -0.25) is 9.59 Å². The van der Waals surface area contributed by atoms with E-state index in [1.807, 2.05) is 6.07 Å². The Hall–Kier alpha value is -4.13. The lowest BCUT2D eigenvalue weighted by atomic mass is 10.1. The number of rotatable bonds is 9. The van der Waals surface area contributed by atoms with Gasteiger partial charge >= 0.3 is 0 Å². The molecule has 0 bridgehead atoms. The second-order valence-electron chi connectivity index (χ2n) is 8.88. The Morgan fingerprint density at radius 1 is 0.829 bits per heavy atom. The van der Waals surface area contributed by atoms with E-state index in [4.69, 9.17) is 15.2 Å². The van der Waals surface area contributed by atoms with Crippen molar-refractivity contribution in [3.05, 3.63) is 56.3 Å². The summed E-state index contributed by atoms with van der Waals surface area (Å²) in [6.45, 7) is 4.93. The summed E-state index contributed by atoms with van der Waals surface area (Å²) in [6, 6.07) is 10.7. The Balaban J connectivity index is 1.22. The molecule has 180 valence electrons. The first-order valence-electron chi connectivity index (χ1n) is 12.1. The molecule has 3 aromatic rings. The zero-order valence-electron chi connectivity index (χ0n) is 19.5. The molecule has 0 atom stereocenters. The maximum absolute atomic E-state index is 12.1. The lowest BCUT2D eigenvalue weighted by Gasteiger charge is -2.22. The SMILES string of the molecule is N#Cc1ccc(Nc2c(NCCNc3cc(N4CCCC4)nc(N4CCCC4)n3)c(=O)c2=O)cc1.